The van der Waals surface area contributed by atoms with Gasteiger partial charge in [0.15, 0.2) is 0 Å². The Kier molecular flexibility index (Phi) is 4.33. The molecule has 1 aromatic heterocycles. The van der Waals surface area contributed by atoms with E-state index in [2.05, 4.69) is 41.7 Å². The van der Waals surface area contributed by atoms with Gasteiger partial charge in [-0.3, -0.25) is 0 Å². The lowest BCUT2D eigenvalue weighted by atomic mass is 10.1. The molecule has 2 rings (SSSR count). The highest BCUT2D eigenvalue weighted by molar-refractivity contribution is 7.07. The number of nitrogens with one attached hydrogen (secondary N) is 1. The Hall–Kier alpha value is -1.39. The highest BCUT2D eigenvalue weighted by Gasteiger charge is 2.12. The zero-order chi connectivity index (χ0) is 13.0. The van der Waals surface area contributed by atoms with Crippen LogP contribution in [-0.2, 0) is 0 Å². The molecule has 0 aliphatic heterocycles. The lowest BCUT2D eigenvalue weighted by Gasteiger charge is -2.19. The molecule has 1 N–H and O–H groups in total. The van der Waals surface area contributed by atoms with Crippen molar-refractivity contribution in [2.24, 2.45) is 0 Å². The number of nitrogens with zero attached hydrogens (tertiary/aromatic N) is 1. The van der Waals surface area contributed by atoms with Crippen LogP contribution in [0.15, 0.2) is 35.2 Å². The van der Waals surface area contributed by atoms with Crippen molar-refractivity contribution in [2.75, 3.05) is 7.11 Å². The van der Waals surface area contributed by atoms with Crippen molar-refractivity contribution in [2.45, 2.75) is 25.9 Å². The van der Waals surface area contributed by atoms with Crippen molar-refractivity contribution in [3.05, 3.63) is 46.4 Å². The number of aromatic nitrogens is 1. The molecule has 0 amide bonds. The minimum absolute atomic E-state index is 0.258. The molecule has 0 saturated heterocycles. The molecule has 18 heavy (non-hydrogen) atoms. The summed E-state index contributed by atoms with van der Waals surface area (Å²) in [6, 6.07) is 8.69. The summed E-state index contributed by atoms with van der Waals surface area (Å²) in [5.41, 5.74) is 4.21. The average molecular weight is 262 g/mol. The topological polar surface area (TPSA) is 34.1 Å². The predicted octanol–water partition coefficient (Wildman–Crippen LogP) is 3.56. The Morgan fingerprint density at radius 2 is 1.89 bits per heavy atom. The third-order valence-electron chi connectivity index (χ3n) is 3.01. The van der Waals surface area contributed by atoms with Gasteiger partial charge in [-0.2, -0.15) is 0 Å². The molecule has 2 unspecified atom stereocenters. The minimum Gasteiger partial charge on any atom is -0.497 e. The first-order valence-corrected chi connectivity index (χ1v) is 6.93. The summed E-state index contributed by atoms with van der Waals surface area (Å²) in [5, 5.41) is 5.62. The fourth-order valence-corrected chi connectivity index (χ4v) is 2.53. The fourth-order valence-electron chi connectivity index (χ4n) is 1.88. The molecule has 0 fully saturated rings. The SMILES string of the molecule is COc1ccc(C(C)NC(C)c2cscn2)cc1. The number of hydrogen-bond acceptors (Lipinski definition) is 4. The van der Waals surface area contributed by atoms with Gasteiger partial charge in [-0.15, -0.1) is 11.3 Å². The molecule has 0 aliphatic carbocycles. The maximum Gasteiger partial charge on any atom is 0.118 e. The third-order valence-corrected chi connectivity index (χ3v) is 3.62. The molecular formula is C14H18N2OS. The van der Waals surface area contributed by atoms with Gasteiger partial charge in [0.1, 0.15) is 5.75 Å². The van der Waals surface area contributed by atoms with Crippen LogP contribution >= 0.6 is 11.3 Å². The highest BCUT2D eigenvalue weighted by Crippen LogP contribution is 2.21. The molecule has 2 atom stereocenters. The Morgan fingerprint density at radius 1 is 1.17 bits per heavy atom. The Balaban J connectivity index is 2.00. The predicted molar refractivity (Wildman–Crippen MR) is 75.1 cm³/mol. The van der Waals surface area contributed by atoms with Crippen molar-refractivity contribution in [1.29, 1.82) is 0 Å². The van der Waals surface area contributed by atoms with Gasteiger partial charge < -0.3 is 10.1 Å². The second-order valence-electron chi connectivity index (χ2n) is 4.30. The lowest BCUT2D eigenvalue weighted by molar-refractivity contribution is 0.414. The van der Waals surface area contributed by atoms with Crippen molar-refractivity contribution >= 4 is 11.3 Å². The van der Waals surface area contributed by atoms with E-state index in [1.807, 2.05) is 17.6 Å². The van der Waals surface area contributed by atoms with Gasteiger partial charge in [-0.05, 0) is 31.5 Å². The van der Waals surface area contributed by atoms with Gasteiger partial charge in [0, 0.05) is 17.5 Å². The summed E-state index contributed by atoms with van der Waals surface area (Å²) >= 11 is 1.63. The van der Waals surface area contributed by atoms with E-state index >= 15 is 0 Å². The summed E-state index contributed by atoms with van der Waals surface area (Å²) in [7, 11) is 1.68. The number of ether oxygens (including phenoxy) is 1. The van der Waals surface area contributed by atoms with E-state index < -0.39 is 0 Å². The Labute approximate surface area is 112 Å². The average Bonchev–Trinajstić information content (AvgIpc) is 2.92. The van der Waals surface area contributed by atoms with Crippen LogP contribution in [0.2, 0.25) is 0 Å². The first kappa shape index (κ1) is 13.1. The van der Waals surface area contributed by atoms with Gasteiger partial charge in [0.2, 0.25) is 0 Å². The molecule has 4 heteroatoms. The van der Waals surface area contributed by atoms with Crippen LogP contribution in [0.3, 0.4) is 0 Å². The summed E-state index contributed by atoms with van der Waals surface area (Å²) in [5.74, 6) is 0.887. The van der Waals surface area contributed by atoms with E-state index in [9.17, 15) is 0 Å². The van der Waals surface area contributed by atoms with E-state index in [0.29, 0.717) is 0 Å². The molecule has 0 spiro atoms. The first-order valence-electron chi connectivity index (χ1n) is 5.99. The summed E-state index contributed by atoms with van der Waals surface area (Å²) in [4.78, 5) is 4.33. The van der Waals surface area contributed by atoms with Crippen molar-refractivity contribution in [1.82, 2.24) is 10.3 Å². The standard InChI is InChI=1S/C14H18N2OS/c1-10(12-4-6-13(17-3)7-5-12)16-11(2)14-8-18-9-15-14/h4-11,16H,1-3H3. The maximum absolute atomic E-state index is 5.16. The second-order valence-corrected chi connectivity index (χ2v) is 5.02. The van der Waals surface area contributed by atoms with Crippen LogP contribution in [0.1, 0.15) is 37.2 Å². The number of hydrogen-bond donors (Lipinski definition) is 1. The smallest absolute Gasteiger partial charge is 0.118 e. The van der Waals surface area contributed by atoms with E-state index in [1.165, 1.54) is 5.56 Å². The summed E-state index contributed by atoms with van der Waals surface area (Å²) in [6.07, 6.45) is 0. The number of rotatable bonds is 5. The molecule has 0 saturated carbocycles. The van der Waals surface area contributed by atoms with E-state index in [1.54, 1.807) is 18.4 Å². The van der Waals surface area contributed by atoms with Crippen molar-refractivity contribution < 1.29 is 4.74 Å². The van der Waals surface area contributed by atoms with E-state index in [-0.39, 0.29) is 12.1 Å². The summed E-state index contributed by atoms with van der Waals surface area (Å²) in [6.45, 7) is 4.29. The molecular weight excluding hydrogens is 244 g/mol. The second kappa shape index (κ2) is 5.98. The van der Waals surface area contributed by atoms with Crippen LogP contribution in [0.25, 0.3) is 0 Å². The molecule has 96 valence electrons. The largest absolute Gasteiger partial charge is 0.497 e. The summed E-state index contributed by atoms with van der Waals surface area (Å²) < 4.78 is 5.16. The Morgan fingerprint density at radius 3 is 2.44 bits per heavy atom. The molecule has 3 nitrogen and oxygen atoms in total. The van der Waals surface area contributed by atoms with Crippen molar-refractivity contribution in [3.8, 4) is 5.75 Å². The number of thiazole rings is 1. The number of benzene rings is 1. The molecule has 0 aliphatic rings. The molecule has 1 heterocycles. The van der Waals surface area contributed by atoms with Gasteiger partial charge in [0.25, 0.3) is 0 Å². The quantitative estimate of drug-likeness (QED) is 0.894. The molecule has 0 bridgehead atoms. The van der Waals surface area contributed by atoms with E-state index in [4.69, 9.17) is 4.74 Å². The highest BCUT2D eigenvalue weighted by atomic mass is 32.1. The van der Waals surface area contributed by atoms with E-state index in [0.717, 1.165) is 11.4 Å². The third kappa shape index (κ3) is 3.09. The van der Waals surface area contributed by atoms with Crippen LogP contribution < -0.4 is 10.1 Å². The van der Waals surface area contributed by atoms with Crippen LogP contribution in [-0.4, -0.2) is 12.1 Å². The zero-order valence-corrected chi connectivity index (χ0v) is 11.7. The fraction of sp³-hybridized carbons (Fsp3) is 0.357. The molecule has 0 radical (unpaired) electrons. The van der Waals surface area contributed by atoms with Gasteiger partial charge >= 0.3 is 0 Å². The first-order chi connectivity index (χ1) is 8.70. The van der Waals surface area contributed by atoms with Gasteiger partial charge in [-0.25, -0.2) is 4.98 Å². The number of methoxy groups -OCH3 is 1. The normalized spacial score (nSPS) is 14.2. The lowest BCUT2D eigenvalue weighted by Crippen LogP contribution is -2.22. The van der Waals surface area contributed by atoms with Gasteiger partial charge in [-0.1, -0.05) is 12.1 Å². The monoisotopic (exact) mass is 262 g/mol. The van der Waals surface area contributed by atoms with Crippen LogP contribution in [0.5, 0.6) is 5.75 Å². The molecule has 2 aromatic rings. The van der Waals surface area contributed by atoms with Crippen molar-refractivity contribution in [3.63, 3.8) is 0 Å². The van der Waals surface area contributed by atoms with Gasteiger partial charge in [0.05, 0.1) is 18.3 Å². The maximum atomic E-state index is 5.16. The zero-order valence-electron chi connectivity index (χ0n) is 10.9. The van der Waals surface area contributed by atoms with Crippen LogP contribution in [0.4, 0.5) is 0 Å². The Bertz CT molecular complexity index is 467. The molecule has 1 aromatic carbocycles. The van der Waals surface area contributed by atoms with Crippen LogP contribution in [0, 0.1) is 0 Å². The minimum atomic E-state index is 0.258.